The first kappa shape index (κ1) is 24.9. The van der Waals surface area contributed by atoms with Gasteiger partial charge in [-0.15, -0.1) is 0 Å². The van der Waals surface area contributed by atoms with Crippen molar-refractivity contribution in [3.05, 3.63) is 150 Å². The van der Waals surface area contributed by atoms with Crippen LogP contribution in [0.5, 0.6) is 0 Å². The minimum Gasteiger partial charge on any atom is -0.309 e. The molecule has 0 radical (unpaired) electrons. The molecule has 1 heteroatoms. The number of hydrogen-bond donors (Lipinski definition) is 0. The first-order valence-electron chi connectivity index (χ1n) is 15.8. The Labute approximate surface area is 254 Å². The van der Waals surface area contributed by atoms with Crippen molar-refractivity contribution >= 4 is 27.8 Å². The number of anilines is 3. The molecule has 0 bridgehead atoms. The second-order valence-corrected chi connectivity index (χ2v) is 13.3. The summed E-state index contributed by atoms with van der Waals surface area (Å²) in [5.41, 5.74) is 15.2. The van der Waals surface area contributed by atoms with Crippen LogP contribution in [0.4, 0.5) is 17.1 Å². The van der Waals surface area contributed by atoms with Crippen LogP contribution in [-0.4, -0.2) is 0 Å². The summed E-state index contributed by atoms with van der Waals surface area (Å²) in [5, 5.41) is 2.63. The third-order valence-corrected chi connectivity index (χ3v) is 10.8. The van der Waals surface area contributed by atoms with Crippen LogP contribution in [0.2, 0.25) is 0 Å². The van der Waals surface area contributed by atoms with E-state index >= 15 is 0 Å². The predicted octanol–water partition coefficient (Wildman–Crippen LogP) is 11.5. The van der Waals surface area contributed by atoms with Gasteiger partial charge in [-0.2, -0.15) is 0 Å². The van der Waals surface area contributed by atoms with Crippen LogP contribution >= 0.6 is 0 Å². The van der Waals surface area contributed by atoms with E-state index in [0.29, 0.717) is 0 Å². The van der Waals surface area contributed by atoms with Crippen molar-refractivity contribution in [3.8, 4) is 22.3 Å². The van der Waals surface area contributed by atoms with Gasteiger partial charge in [0.15, 0.2) is 0 Å². The number of fused-ring (bicyclic) bond motifs is 9. The quantitative estimate of drug-likeness (QED) is 0.211. The first-order chi connectivity index (χ1) is 21.1. The summed E-state index contributed by atoms with van der Waals surface area (Å²) in [7, 11) is 0. The fraction of sp³-hybridized carbons (Fsp3) is 0.190. The van der Waals surface area contributed by atoms with Gasteiger partial charge < -0.3 is 4.90 Å². The minimum absolute atomic E-state index is 0.0640. The number of rotatable bonds is 3. The second kappa shape index (κ2) is 8.94. The van der Waals surface area contributed by atoms with Crippen LogP contribution in [0.15, 0.2) is 127 Å². The van der Waals surface area contributed by atoms with Gasteiger partial charge in [0.25, 0.3) is 0 Å². The van der Waals surface area contributed by atoms with Crippen LogP contribution in [0.25, 0.3) is 33.0 Å². The Morgan fingerprint density at radius 2 is 1.16 bits per heavy atom. The van der Waals surface area contributed by atoms with E-state index in [4.69, 9.17) is 0 Å². The summed E-state index contributed by atoms with van der Waals surface area (Å²) < 4.78 is 0. The van der Waals surface area contributed by atoms with E-state index in [-0.39, 0.29) is 10.8 Å². The lowest BCUT2D eigenvalue weighted by Crippen LogP contribution is -2.21. The molecule has 1 spiro atoms. The smallest absolute Gasteiger partial charge is 0.0621 e. The highest BCUT2D eigenvalue weighted by Crippen LogP contribution is 2.61. The minimum atomic E-state index is -0.0640. The maximum absolute atomic E-state index is 2.56. The zero-order chi connectivity index (χ0) is 28.8. The normalized spacial score (nSPS) is 16.6. The third kappa shape index (κ3) is 3.34. The van der Waals surface area contributed by atoms with Crippen molar-refractivity contribution in [3.63, 3.8) is 0 Å². The molecule has 0 unspecified atom stereocenters. The van der Waals surface area contributed by atoms with Crippen molar-refractivity contribution in [2.45, 2.75) is 50.4 Å². The van der Waals surface area contributed by atoms with E-state index in [2.05, 4.69) is 146 Å². The van der Waals surface area contributed by atoms with Gasteiger partial charge in [0.05, 0.1) is 5.69 Å². The number of hydrogen-bond acceptors (Lipinski definition) is 1. The zero-order valence-electron chi connectivity index (χ0n) is 24.9. The molecular weight excluding hydrogens is 518 g/mol. The number of nitrogens with zero attached hydrogens (tertiary/aromatic N) is 1. The molecule has 3 aliphatic carbocycles. The summed E-state index contributed by atoms with van der Waals surface area (Å²) in [5.74, 6) is 0. The highest BCUT2D eigenvalue weighted by atomic mass is 15.1. The molecule has 0 atom stereocenters. The Morgan fingerprint density at radius 3 is 1.98 bits per heavy atom. The van der Waals surface area contributed by atoms with Crippen molar-refractivity contribution < 1.29 is 0 Å². The van der Waals surface area contributed by atoms with Gasteiger partial charge in [-0.25, -0.2) is 0 Å². The highest BCUT2D eigenvalue weighted by molar-refractivity contribution is 6.10. The van der Waals surface area contributed by atoms with Gasteiger partial charge in [-0.05, 0) is 87.5 Å². The average molecular weight is 554 g/mol. The lowest BCUT2D eigenvalue weighted by atomic mass is 9.76. The van der Waals surface area contributed by atoms with Gasteiger partial charge in [0, 0.05) is 33.2 Å². The molecule has 1 fully saturated rings. The van der Waals surface area contributed by atoms with Crippen molar-refractivity contribution in [1.82, 2.24) is 0 Å². The Hall–Kier alpha value is -4.62. The summed E-state index contributed by atoms with van der Waals surface area (Å²) in [4.78, 5) is 2.56. The Morgan fingerprint density at radius 1 is 0.512 bits per heavy atom. The Bertz CT molecular complexity index is 2060. The van der Waals surface area contributed by atoms with Gasteiger partial charge in [0.1, 0.15) is 0 Å². The molecule has 9 rings (SSSR count). The van der Waals surface area contributed by atoms with E-state index in [0.717, 1.165) is 0 Å². The first-order valence-corrected chi connectivity index (χ1v) is 15.8. The van der Waals surface area contributed by atoms with E-state index in [1.807, 2.05) is 0 Å². The Balaban J connectivity index is 1.38. The molecule has 1 nitrogen and oxygen atoms in total. The van der Waals surface area contributed by atoms with Crippen LogP contribution in [0.1, 0.15) is 61.8 Å². The monoisotopic (exact) mass is 553 g/mol. The molecule has 3 aliphatic rings. The molecule has 43 heavy (non-hydrogen) atoms. The summed E-state index contributed by atoms with van der Waals surface area (Å²) >= 11 is 0. The maximum atomic E-state index is 2.56. The summed E-state index contributed by atoms with van der Waals surface area (Å²) in [6.07, 6.45) is 5.04. The topological polar surface area (TPSA) is 3.24 Å². The molecule has 6 aromatic rings. The largest absolute Gasteiger partial charge is 0.309 e. The van der Waals surface area contributed by atoms with E-state index in [1.165, 1.54) is 98.0 Å². The Kier molecular flexibility index (Phi) is 5.18. The fourth-order valence-electron chi connectivity index (χ4n) is 8.81. The standard InChI is InChI=1S/C42H35N/c1-41(2)35-20-10-8-18-32(35)33-23-22-30(27-37(33)41)43(29-15-4-3-5-16-29)40-31-17-7-6-14-28(31)26-38-39(40)34-19-9-11-21-36(34)42(38)24-12-13-25-42/h3-11,14-23,26-27H,12-13,24-25H2,1-2H3. The molecular formula is C42H35N. The van der Waals surface area contributed by atoms with Gasteiger partial charge >= 0.3 is 0 Å². The molecule has 208 valence electrons. The van der Waals surface area contributed by atoms with Gasteiger partial charge in [-0.1, -0.05) is 124 Å². The SMILES string of the molecule is CC1(C)c2ccccc2-c2ccc(N(c3ccccc3)c3c4c(cc5ccccc35)C3(CCCC3)c3ccccc3-4)cc21. The molecule has 0 saturated heterocycles. The maximum Gasteiger partial charge on any atom is 0.0621 e. The van der Waals surface area contributed by atoms with Crippen LogP contribution in [-0.2, 0) is 10.8 Å². The van der Waals surface area contributed by atoms with Crippen LogP contribution in [0, 0.1) is 0 Å². The molecule has 0 heterocycles. The number of para-hydroxylation sites is 1. The highest BCUT2D eigenvalue weighted by Gasteiger charge is 2.47. The second-order valence-electron chi connectivity index (χ2n) is 13.3. The summed E-state index contributed by atoms with van der Waals surface area (Å²) in [6, 6.07) is 48.0. The van der Waals surface area contributed by atoms with Crippen molar-refractivity contribution in [1.29, 1.82) is 0 Å². The van der Waals surface area contributed by atoms with Crippen LogP contribution in [0.3, 0.4) is 0 Å². The van der Waals surface area contributed by atoms with E-state index in [9.17, 15) is 0 Å². The molecule has 6 aromatic carbocycles. The van der Waals surface area contributed by atoms with Crippen LogP contribution < -0.4 is 4.90 Å². The van der Waals surface area contributed by atoms with Crippen molar-refractivity contribution in [2.24, 2.45) is 0 Å². The van der Waals surface area contributed by atoms with Gasteiger partial charge in [0.2, 0.25) is 0 Å². The van der Waals surface area contributed by atoms with E-state index < -0.39 is 0 Å². The fourth-order valence-corrected chi connectivity index (χ4v) is 8.81. The zero-order valence-corrected chi connectivity index (χ0v) is 24.9. The average Bonchev–Trinajstić information content (AvgIpc) is 3.71. The number of benzene rings is 6. The molecule has 0 amide bonds. The molecule has 0 aromatic heterocycles. The third-order valence-electron chi connectivity index (χ3n) is 10.8. The van der Waals surface area contributed by atoms with Crippen molar-refractivity contribution in [2.75, 3.05) is 4.90 Å². The van der Waals surface area contributed by atoms with Gasteiger partial charge in [-0.3, -0.25) is 0 Å². The molecule has 0 N–H and O–H groups in total. The van der Waals surface area contributed by atoms with E-state index in [1.54, 1.807) is 0 Å². The predicted molar refractivity (Wildman–Crippen MR) is 181 cm³/mol. The molecule has 0 aliphatic heterocycles. The lowest BCUT2D eigenvalue weighted by molar-refractivity contribution is 0.550. The molecule has 1 saturated carbocycles. The lowest BCUT2D eigenvalue weighted by Gasteiger charge is -2.32. The summed E-state index contributed by atoms with van der Waals surface area (Å²) in [6.45, 7) is 4.76.